The van der Waals surface area contributed by atoms with Crippen LogP contribution in [0, 0.1) is 5.92 Å². The molecule has 2 N–H and O–H groups in total. The summed E-state index contributed by atoms with van der Waals surface area (Å²) in [7, 11) is 1.50. The van der Waals surface area contributed by atoms with Crippen LogP contribution in [0.4, 0.5) is 0 Å². The van der Waals surface area contributed by atoms with Gasteiger partial charge in [-0.1, -0.05) is 12.1 Å². The summed E-state index contributed by atoms with van der Waals surface area (Å²) in [4.78, 5) is 25.0. The largest absolute Gasteiger partial charge is 0.388 e. The smallest absolute Gasteiger partial charge is 0.260 e. The number of rotatable bonds is 2. The number of hydrogen-bond acceptors (Lipinski definition) is 4. The van der Waals surface area contributed by atoms with Crippen LogP contribution in [0.15, 0.2) is 18.2 Å². The van der Waals surface area contributed by atoms with Gasteiger partial charge in [0.15, 0.2) is 0 Å². The molecule has 5 nitrogen and oxygen atoms in total. The molecule has 0 spiro atoms. The fourth-order valence-corrected chi connectivity index (χ4v) is 3.13. The van der Waals surface area contributed by atoms with Gasteiger partial charge in [-0.05, 0) is 36.6 Å². The minimum absolute atomic E-state index is 0.176. The Morgan fingerprint density at radius 2 is 2.19 bits per heavy atom. The highest BCUT2D eigenvalue weighted by Crippen LogP contribution is 2.30. The number of hydrogen-bond donors (Lipinski definition) is 2. The summed E-state index contributed by atoms with van der Waals surface area (Å²) in [6.45, 7) is 1.80. The zero-order valence-electron chi connectivity index (χ0n) is 12.1. The van der Waals surface area contributed by atoms with Crippen molar-refractivity contribution in [2.75, 3.05) is 20.1 Å². The molecular weight excluding hydrogens is 268 g/mol. The molecule has 2 atom stereocenters. The van der Waals surface area contributed by atoms with Crippen molar-refractivity contribution in [1.82, 2.24) is 10.2 Å². The van der Waals surface area contributed by atoms with Gasteiger partial charge >= 0.3 is 0 Å². The van der Waals surface area contributed by atoms with E-state index in [1.807, 2.05) is 6.07 Å². The van der Waals surface area contributed by atoms with Crippen LogP contribution in [-0.2, 0) is 11.2 Å². The van der Waals surface area contributed by atoms with Gasteiger partial charge in [-0.2, -0.15) is 0 Å². The monoisotopic (exact) mass is 288 g/mol. The van der Waals surface area contributed by atoms with Crippen molar-refractivity contribution in [2.45, 2.75) is 25.4 Å². The fraction of sp³-hybridized carbons (Fsp3) is 0.500. The van der Waals surface area contributed by atoms with Gasteiger partial charge in [0, 0.05) is 25.1 Å². The topological polar surface area (TPSA) is 69.6 Å². The number of nitrogens with zero attached hydrogens (tertiary/aromatic N) is 1. The first-order valence-corrected chi connectivity index (χ1v) is 7.40. The minimum Gasteiger partial charge on any atom is -0.388 e. The first-order chi connectivity index (χ1) is 10.1. The highest BCUT2D eigenvalue weighted by molar-refractivity contribution is 6.09. The molecule has 1 fully saturated rings. The molecule has 0 radical (unpaired) electrons. The maximum absolute atomic E-state index is 12.2. The zero-order chi connectivity index (χ0) is 15.0. The van der Waals surface area contributed by atoms with Gasteiger partial charge in [-0.3, -0.25) is 14.5 Å². The summed E-state index contributed by atoms with van der Waals surface area (Å²) in [6, 6.07) is 5.39. The molecule has 5 heteroatoms. The van der Waals surface area contributed by atoms with Crippen LogP contribution in [0.1, 0.15) is 40.4 Å². The third-order valence-corrected chi connectivity index (χ3v) is 4.51. The molecule has 2 heterocycles. The highest BCUT2D eigenvalue weighted by Gasteiger charge is 2.30. The number of aliphatic hydroxyl groups excluding tert-OH is 1. The molecule has 112 valence electrons. The molecule has 2 aliphatic rings. The van der Waals surface area contributed by atoms with Crippen LogP contribution in [0.5, 0.6) is 0 Å². The predicted molar refractivity (Wildman–Crippen MR) is 77.8 cm³/mol. The lowest BCUT2D eigenvalue weighted by Crippen LogP contribution is -2.39. The number of piperidine rings is 1. The molecule has 0 aliphatic carbocycles. The molecule has 2 aliphatic heterocycles. The van der Waals surface area contributed by atoms with E-state index in [2.05, 4.69) is 5.32 Å². The Morgan fingerprint density at radius 1 is 1.38 bits per heavy atom. The lowest BCUT2D eigenvalue weighted by atomic mass is 9.87. The van der Waals surface area contributed by atoms with Crippen LogP contribution in [-0.4, -0.2) is 42.0 Å². The first-order valence-electron chi connectivity index (χ1n) is 7.40. The lowest BCUT2D eigenvalue weighted by Gasteiger charge is -2.29. The number of nitrogens with one attached hydrogen (secondary N) is 1. The first kappa shape index (κ1) is 14.2. The van der Waals surface area contributed by atoms with E-state index in [4.69, 9.17) is 0 Å². The molecular formula is C16H20N2O3. The summed E-state index contributed by atoms with van der Waals surface area (Å²) in [5.74, 6) is -0.288. The summed E-state index contributed by atoms with van der Waals surface area (Å²) in [5, 5.41) is 13.8. The van der Waals surface area contributed by atoms with Gasteiger partial charge in [-0.25, -0.2) is 0 Å². The van der Waals surface area contributed by atoms with Crippen molar-refractivity contribution in [2.24, 2.45) is 5.92 Å². The average Bonchev–Trinajstić information content (AvgIpc) is 2.53. The number of aliphatic hydroxyl groups is 1. The Kier molecular flexibility index (Phi) is 3.78. The molecule has 21 heavy (non-hydrogen) atoms. The number of carbonyl (C=O) groups is 2. The molecule has 2 amide bonds. The van der Waals surface area contributed by atoms with E-state index in [9.17, 15) is 14.7 Å². The normalized spacial score (nSPS) is 23.9. The number of fused-ring (bicyclic) bond motifs is 1. The van der Waals surface area contributed by atoms with Crippen LogP contribution in [0.25, 0.3) is 0 Å². The standard InChI is InChI=1S/C16H20N2O3/c1-18-14(19)8-10-4-5-11(7-13(10)16(18)21)15(20)12-3-2-6-17-9-12/h4-5,7,12,15,17,20H,2-3,6,8-9H2,1H3. The average molecular weight is 288 g/mol. The van der Waals surface area contributed by atoms with Crippen LogP contribution < -0.4 is 5.32 Å². The molecule has 0 bridgehead atoms. The fourth-order valence-electron chi connectivity index (χ4n) is 3.13. The van der Waals surface area contributed by atoms with E-state index in [1.54, 1.807) is 12.1 Å². The zero-order valence-corrected chi connectivity index (χ0v) is 12.1. The van der Waals surface area contributed by atoms with E-state index in [0.717, 1.165) is 42.0 Å². The maximum Gasteiger partial charge on any atom is 0.260 e. The number of amides is 2. The molecule has 1 aromatic rings. The van der Waals surface area contributed by atoms with Crippen LogP contribution in [0.3, 0.4) is 0 Å². The van der Waals surface area contributed by atoms with Gasteiger partial charge in [-0.15, -0.1) is 0 Å². The summed E-state index contributed by atoms with van der Waals surface area (Å²) >= 11 is 0. The number of imide groups is 1. The molecule has 3 rings (SSSR count). The molecule has 1 aromatic carbocycles. The van der Waals surface area contributed by atoms with Crippen LogP contribution >= 0.6 is 0 Å². The molecule has 2 unspecified atom stereocenters. The Bertz CT molecular complexity index is 579. The SMILES string of the molecule is CN1C(=O)Cc2ccc(C(O)C3CCCNC3)cc2C1=O. The Balaban J connectivity index is 1.88. The van der Waals surface area contributed by atoms with E-state index in [1.165, 1.54) is 7.05 Å². The number of benzene rings is 1. The Hall–Kier alpha value is -1.72. The summed E-state index contributed by atoms with van der Waals surface area (Å²) in [5.41, 5.74) is 2.05. The Labute approximate surface area is 123 Å². The van der Waals surface area contributed by atoms with Crippen molar-refractivity contribution < 1.29 is 14.7 Å². The second kappa shape index (κ2) is 5.58. The maximum atomic E-state index is 12.2. The van der Waals surface area contributed by atoms with E-state index >= 15 is 0 Å². The lowest BCUT2D eigenvalue weighted by molar-refractivity contribution is -0.127. The summed E-state index contributed by atoms with van der Waals surface area (Å²) in [6.07, 6.45) is 1.72. The van der Waals surface area contributed by atoms with Gasteiger partial charge < -0.3 is 10.4 Å². The molecule has 0 saturated carbocycles. The predicted octanol–water partition coefficient (Wildman–Crippen LogP) is 0.874. The van der Waals surface area contributed by atoms with E-state index < -0.39 is 6.10 Å². The van der Waals surface area contributed by atoms with Gasteiger partial charge in [0.05, 0.1) is 12.5 Å². The van der Waals surface area contributed by atoms with Crippen LogP contribution in [0.2, 0.25) is 0 Å². The third-order valence-electron chi connectivity index (χ3n) is 4.51. The molecule has 1 saturated heterocycles. The second-order valence-corrected chi connectivity index (χ2v) is 5.90. The highest BCUT2D eigenvalue weighted by atomic mass is 16.3. The van der Waals surface area contributed by atoms with E-state index in [-0.39, 0.29) is 24.2 Å². The minimum atomic E-state index is -0.571. The van der Waals surface area contributed by atoms with Crippen molar-refractivity contribution in [3.8, 4) is 0 Å². The molecule has 0 aromatic heterocycles. The van der Waals surface area contributed by atoms with Crippen molar-refractivity contribution in [1.29, 1.82) is 0 Å². The number of carbonyl (C=O) groups excluding carboxylic acids is 2. The quantitative estimate of drug-likeness (QED) is 0.793. The van der Waals surface area contributed by atoms with Crippen molar-refractivity contribution in [3.63, 3.8) is 0 Å². The number of likely N-dealkylation sites (N-methyl/N-ethyl adjacent to an activating group) is 1. The van der Waals surface area contributed by atoms with Crippen molar-refractivity contribution in [3.05, 3.63) is 34.9 Å². The third kappa shape index (κ3) is 2.59. The van der Waals surface area contributed by atoms with Crippen molar-refractivity contribution >= 4 is 11.8 Å². The second-order valence-electron chi connectivity index (χ2n) is 5.90. The summed E-state index contributed by atoms with van der Waals surface area (Å²) < 4.78 is 0. The Morgan fingerprint density at radius 3 is 2.90 bits per heavy atom. The van der Waals surface area contributed by atoms with Gasteiger partial charge in [0.1, 0.15) is 0 Å². The van der Waals surface area contributed by atoms with Gasteiger partial charge in [0.2, 0.25) is 5.91 Å². The van der Waals surface area contributed by atoms with Gasteiger partial charge in [0.25, 0.3) is 5.91 Å². The van der Waals surface area contributed by atoms with E-state index in [0.29, 0.717) is 5.56 Å².